The van der Waals surface area contributed by atoms with Crippen molar-refractivity contribution in [2.24, 2.45) is 0 Å². The van der Waals surface area contributed by atoms with Crippen molar-refractivity contribution in [2.45, 2.75) is 135 Å². The van der Waals surface area contributed by atoms with Crippen LogP contribution < -0.4 is 0 Å². The van der Waals surface area contributed by atoms with Crippen molar-refractivity contribution >= 4 is 17.9 Å². The van der Waals surface area contributed by atoms with E-state index in [1.165, 1.54) is 0 Å². The molecule has 0 saturated carbocycles. The summed E-state index contributed by atoms with van der Waals surface area (Å²) in [5.41, 5.74) is 0. The summed E-state index contributed by atoms with van der Waals surface area (Å²) in [7, 11) is 5.48. The molecule has 0 heterocycles. The van der Waals surface area contributed by atoms with Crippen LogP contribution in [0.5, 0.6) is 0 Å². The zero-order valence-corrected chi connectivity index (χ0v) is 37.8. The van der Waals surface area contributed by atoms with Gasteiger partial charge in [0.2, 0.25) is 0 Å². The van der Waals surface area contributed by atoms with Crippen molar-refractivity contribution in [3.63, 3.8) is 0 Å². The van der Waals surface area contributed by atoms with Crippen molar-refractivity contribution in [2.75, 3.05) is 41.0 Å². The van der Waals surface area contributed by atoms with E-state index in [1.54, 1.807) is 0 Å². The molecule has 0 bridgehead atoms. The Balaban J connectivity index is 4.54. The van der Waals surface area contributed by atoms with Gasteiger partial charge in [-0.2, -0.15) is 0 Å². The van der Waals surface area contributed by atoms with Crippen molar-refractivity contribution in [1.82, 2.24) is 0 Å². The van der Waals surface area contributed by atoms with E-state index in [0.717, 1.165) is 77.0 Å². The predicted octanol–water partition coefficient (Wildman–Crippen LogP) is 12.4. The number of carboxylic acids is 1. The van der Waals surface area contributed by atoms with Crippen LogP contribution in [0.15, 0.2) is 134 Å². The summed E-state index contributed by atoms with van der Waals surface area (Å²) in [6, 6.07) is -0.638. The number of quaternary nitrogens is 1. The number of aliphatic carboxylic acids is 1. The Hall–Kier alpha value is -4.53. The van der Waals surface area contributed by atoms with Crippen LogP contribution in [0.1, 0.15) is 123 Å². The zero-order chi connectivity index (χ0) is 44.2. The number of nitrogens with zero attached hydrogens (tertiary/aromatic N) is 1. The number of allylic oxidation sites excluding steroid dienone is 22. The first kappa shape index (κ1) is 55.5. The average Bonchev–Trinajstić information content (AvgIpc) is 3.21. The molecule has 1 N–H and O–H groups in total. The van der Waals surface area contributed by atoms with Crippen LogP contribution in [0.25, 0.3) is 0 Å². The summed E-state index contributed by atoms with van der Waals surface area (Å²) in [6.07, 6.45) is 59.2. The molecule has 0 rings (SSSR count). The molecule has 2 unspecified atom stereocenters. The maximum atomic E-state index is 12.7. The number of hydrogen-bond acceptors (Lipinski definition) is 6. The highest BCUT2D eigenvalue weighted by atomic mass is 16.6. The second-order valence-electron chi connectivity index (χ2n) is 15.3. The Labute approximate surface area is 364 Å². The van der Waals surface area contributed by atoms with Crippen LogP contribution in [0.2, 0.25) is 0 Å². The van der Waals surface area contributed by atoms with E-state index in [4.69, 9.17) is 14.2 Å². The fourth-order valence-electron chi connectivity index (χ4n) is 5.56. The number of unbranched alkanes of at least 4 members (excludes halogenated alkanes) is 6. The molecule has 0 aliphatic heterocycles. The molecule has 0 amide bonds. The topological polar surface area (TPSA) is 99.1 Å². The molecule has 8 nitrogen and oxygen atoms in total. The zero-order valence-electron chi connectivity index (χ0n) is 37.8. The van der Waals surface area contributed by atoms with Crippen LogP contribution in [0.4, 0.5) is 0 Å². The van der Waals surface area contributed by atoms with Gasteiger partial charge in [-0.15, -0.1) is 0 Å². The van der Waals surface area contributed by atoms with E-state index in [0.29, 0.717) is 19.3 Å². The summed E-state index contributed by atoms with van der Waals surface area (Å²) in [5.74, 6) is -1.59. The number of carbonyl (C=O) groups excluding carboxylic acids is 2. The lowest BCUT2D eigenvalue weighted by Crippen LogP contribution is -2.50. The molecule has 0 aromatic carbocycles. The molecule has 8 heteroatoms. The molecular weight excluding hydrogens is 751 g/mol. The Bertz CT molecular complexity index is 1430. The Morgan fingerprint density at radius 1 is 0.517 bits per heavy atom. The second-order valence-corrected chi connectivity index (χ2v) is 15.3. The lowest BCUT2D eigenvalue weighted by Gasteiger charge is -2.31. The van der Waals surface area contributed by atoms with Gasteiger partial charge >= 0.3 is 17.9 Å². The first-order valence-electron chi connectivity index (χ1n) is 22.3. The van der Waals surface area contributed by atoms with E-state index in [9.17, 15) is 19.5 Å². The third kappa shape index (κ3) is 39.0. The Kier molecular flexibility index (Phi) is 38.1. The van der Waals surface area contributed by atoms with E-state index in [-0.39, 0.29) is 49.1 Å². The third-order valence-electron chi connectivity index (χ3n) is 8.96. The van der Waals surface area contributed by atoms with Crippen molar-refractivity contribution in [1.29, 1.82) is 0 Å². The van der Waals surface area contributed by atoms with Crippen LogP contribution in [0.3, 0.4) is 0 Å². The van der Waals surface area contributed by atoms with Crippen LogP contribution in [-0.2, 0) is 28.6 Å². The monoisotopic (exact) mass is 831 g/mol. The summed E-state index contributed by atoms with van der Waals surface area (Å²) >= 11 is 0. The van der Waals surface area contributed by atoms with Crippen molar-refractivity contribution in [3.05, 3.63) is 134 Å². The standard InChI is InChI=1S/C52H79NO7/c1-6-8-10-12-14-16-18-20-22-24-25-27-29-31-33-35-37-39-41-43-51(55)60-48(46-58-45-44-49(52(56)57)53(3,4)5)47-59-50(54)42-40-38-36-34-32-30-28-26-23-21-19-17-15-13-11-9-7-2/h8-11,13-17,19-23,25-28,30-33,48-49H,6-7,12,18,24,29,34-47H2,1-5H3/p+1/b10-8+,11-9+,15-13+,16-14+,19-17+,22-20+,23-21+,27-25+,28-26+,32-30+,33-31+. The third-order valence-corrected chi connectivity index (χ3v) is 8.96. The van der Waals surface area contributed by atoms with Crippen molar-refractivity contribution in [3.8, 4) is 0 Å². The lowest BCUT2D eigenvalue weighted by molar-refractivity contribution is -0.887. The van der Waals surface area contributed by atoms with Gasteiger partial charge in [0, 0.05) is 19.3 Å². The van der Waals surface area contributed by atoms with E-state index in [2.05, 4.69) is 86.8 Å². The van der Waals surface area contributed by atoms with Gasteiger partial charge < -0.3 is 23.8 Å². The lowest BCUT2D eigenvalue weighted by atomic mass is 10.1. The highest BCUT2D eigenvalue weighted by Crippen LogP contribution is 2.11. The van der Waals surface area contributed by atoms with Gasteiger partial charge in [-0.05, 0) is 77.0 Å². The molecular formula is C52H80NO7+. The molecule has 0 saturated heterocycles. The minimum absolute atomic E-state index is 0.0220. The fraction of sp³-hybridized carbons (Fsp3) is 0.519. The van der Waals surface area contributed by atoms with Gasteiger partial charge in [0.05, 0.1) is 34.4 Å². The fourth-order valence-corrected chi connectivity index (χ4v) is 5.56. The van der Waals surface area contributed by atoms with Crippen molar-refractivity contribution < 1.29 is 38.2 Å². The molecule has 0 spiro atoms. The first-order chi connectivity index (χ1) is 29.1. The molecule has 0 radical (unpaired) electrons. The molecule has 0 aliphatic carbocycles. The number of hydrogen-bond donors (Lipinski definition) is 1. The second kappa shape index (κ2) is 41.2. The number of carbonyl (C=O) groups is 3. The number of carboxylic acid groups (broad SMARTS) is 1. The minimum atomic E-state index is -0.895. The molecule has 0 aromatic heterocycles. The maximum absolute atomic E-state index is 12.7. The molecule has 0 aliphatic rings. The summed E-state index contributed by atoms with van der Waals surface area (Å²) in [6.45, 7) is 4.36. The SMILES string of the molecule is CC/C=C/C=C/C=C/C=C/C=C/C=C/CCCCCC(=O)OCC(COCCC(C(=O)O)[N+](C)(C)C)OC(=O)CCCCC/C=C/C/C=C/C/C=C/C/C=C/C/C=C/CC. The van der Waals surface area contributed by atoms with Gasteiger partial charge in [0.25, 0.3) is 0 Å². The van der Waals surface area contributed by atoms with Gasteiger partial charge in [0.15, 0.2) is 12.1 Å². The number of rotatable bonds is 37. The number of likely N-dealkylation sites (N-methyl/N-ethyl adjacent to an activating group) is 1. The molecule has 0 fully saturated rings. The Morgan fingerprint density at radius 3 is 1.47 bits per heavy atom. The molecule has 0 aromatic rings. The van der Waals surface area contributed by atoms with Gasteiger partial charge in [-0.1, -0.05) is 160 Å². The summed E-state index contributed by atoms with van der Waals surface area (Å²) in [5, 5.41) is 9.63. The predicted molar refractivity (Wildman–Crippen MR) is 251 cm³/mol. The minimum Gasteiger partial charge on any atom is -0.477 e. The average molecular weight is 831 g/mol. The van der Waals surface area contributed by atoms with Crippen LogP contribution >= 0.6 is 0 Å². The smallest absolute Gasteiger partial charge is 0.362 e. The maximum Gasteiger partial charge on any atom is 0.362 e. The number of esters is 2. The molecule has 60 heavy (non-hydrogen) atoms. The van der Waals surface area contributed by atoms with Gasteiger partial charge in [0.1, 0.15) is 6.61 Å². The highest BCUT2D eigenvalue weighted by Gasteiger charge is 2.31. The number of ether oxygens (including phenoxy) is 3. The quantitative estimate of drug-likeness (QED) is 0.0219. The van der Waals surface area contributed by atoms with E-state index < -0.39 is 18.1 Å². The molecule has 334 valence electrons. The van der Waals surface area contributed by atoms with Gasteiger partial charge in [-0.25, -0.2) is 4.79 Å². The first-order valence-corrected chi connectivity index (χ1v) is 22.3. The van der Waals surface area contributed by atoms with E-state index in [1.807, 2.05) is 81.9 Å². The largest absolute Gasteiger partial charge is 0.477 e. The summed E-state index contributed by atoms with van der Waals surface area (Å²) in [4.78, 5) is 37.0. The normalized spacial score (nSPS) is 14.2. The van der Waals surface area contributed by atoms with Gasteiger partial charge in [-0.3, -0.25) is 9.59 Å². The highest BCUT2D eigenvalue weighted by molar-refractivity contribution is 5.72. The van der Waals surface area contributed by atoms with Crippen LogP contribution in [0, 0.1) is 0 Å². The summed E-state index contributed by atoms with van der Waals surface area (Å²) < 4.78 is 17.2. The molecule has 2 atom stereocenters. The Morgan fingerprint density at radius 2 is 0.967 bits per heavy atom. The van der Waals surface area contributed by atoms with Crippen LogP contribution in [-0.4, -0.2) is 80.6 Å². The van der Waals surface area contributed by atoms with E-state index >= 15 is 0 Å².